The maximum atomic E-state index is 11.4. The Morgan fingerprint density at radius 3 is 2.53 bits per heavy atom. The van der Waals surface area contributed by atoms with Crippen molar-refractivity contribution in [3.63, 3.8) is 0 Å². The smallest absolute Gasteiger partial charge is 0.417 e. The Kier molecular flexibility index (Phi) is 4.78. The van der Waals surface area contributed by atoms with Crippen LogP contribution in [-0.4, -0.2) is 23.1 Å². The van der Waals surface area contributed by atoms with Gasteiger partial charge in [-0.2, -0.15) is 4.79 Å². The molecule has 15 heavy (non-hydrogen) atoms. The minimum atomic E-state index is -0.527. The van der Waals surface area contributed by atoms with Gasteiger partial charge in [-0.05, 0) is 24.8 Å². The Labute approximate surface area is 89.6 Å². The molecule has 0 N–H and O–H groups in total. The number of rotatable bonds is 0. The van der Waals surface area contributed by atoms with Crippen LogP contribution in [0.2, 0.25) is 0 Å². The highest BCUT2D eigenvalue weighted by Gasteiger charge is 2.21. The van der Waals surface area contributed by atoms with E-state index in [1.165, 1.54) is 0 Å². The molecule has 82 valence electrons. The molecular formula is C11H16N2O2. The monoisotopic (exact) mass is 208 g/mol. The summed E-state index contributed by atoms with van der Waals surface area (Å²) in [6.45, 7) is 4.06. The maximum Gasteiger partial charge on any atom is 0.417 e. The molecule has 1 heterocycles. The highest BCUT2D eigenvalue weighted by Crippen LogP contribution is 2.12. The van der Waals surface area contributed by atoms with Gasteiger partial charge in [0.2, 0.25) is 0 Å². The molecule has 1 fully saturated rings. The van der Waals surface area contributed by atoms with Crippen LogP contribution in [0.5, 0.6) is 0 Å². The fourth-order valence-electron chi connectivity index (χ4n) is 1.54. The zero-order valence-corrected chi connectivity index (χ0v) is 8.87. The molecule has 0 radical (unpaired) electrons. The molecule has 1 aliphatic heterocycles. The molecule has 0 aromatic carbocycles. The lowest BCUT2D eigenvalue weighted by atomic mass is 10.1. The van der Waals surface area contributed by atoms with Crippen molar-refractivity contribution < 1.29 is 14.3 Å². The van der Waals surface area contributed by atoms with Gasteiger partial charge < -0.3 is 10.3 Å². The molecular weight excluding hydrogens is 192 g/mol. The topological polar surface area (TPSA) is 62.7 Å². The molecule has 0 saturated carbocycles. The third-order valence-corrected chi connectivity index (χ3v) is 2.46. The molecule has 1 rings (SSSR count). The molecule has 0 bridgehead atoms. The summed E-state index contributed by atoms with van der Waals surface area (Å²) in [4.78, 5) is 14.3. The van der Waals surface area contributed by atoms with Crippen LogP contribution in [0, 0.1) is 0 Å². The zero-order valence-electron chi connectivity index (χ0n) is 8.87. The summed E-state index contributed by atoms with van der Waals surface area (Å²) in [5.41, 5.74) is 9.68. The lowest BCUT2D eigenvalue weighted by molar-refractivity contribution is -0.139. The van der Waals surface area contributed by atoms with Crippen molar-refractivity contribution in [2.75, 3.05) is 6.61 Å². The van der Waals surface area contributed by atoms with E-state index in [4.69, 9.17) is 10.3 Å². The molecule has 0 spiro atoms. The van der Waals surface area contributed by atoms with Gasteiger partial charge in [0.25, 0.3) is 0 Å². The van der Waals surface area contributed by atoms with E-state index in [1.807, 2.05) is 0 Å². The van der Waals surface area contributed by atoms with Crippen molar-refractivity contribution in [3.8, 4) is 0 Å². The number of ether oxygens (including phenoxy) is 1. The average molecular weight is 208 g/mol. The minimum absolute atomic E-state index is 0.115. The highest BCUT2D eigenvalue weighted by molar-refractivity contribution is 6.33. The van der Waals surface area contributed by atoms with Gasteiger partial charge in [-0.3, -0.25) is 0 Å². The number of carbonyl (C=O) groups is 1. The van der Waals surface area contributed by atoms with Gasteiger partial charge in [-0.15, -0.1) is 0 Å². The summed E-state index contributed by atoms with van der Waals surface area (Å²) in [5.74, 6) is -0.527. The third kappa shape index (κ3) is 4.09. The summed E-state index contributed by atoms with van der Waals surface area (Å²) >= 11 is 0. The van der Waals surface area contributed by atoms with Gasteiger partial charge >= 0.3 is 11.7 Å². The van der Waals surface area contributed by atoms with Gasteiger partial charge in [0.15, 0.2) is 0 Å². The van der Waals surface area contributed by atoms with Gasteiger partial charge in [-0.25, -0.2) is 4.79 Å². The van der Waals surface area contributed by atoms with Crippen LogP contribution >= 0.6 is 0 Å². The number of esters is 1. The van der Waals surface area contributed by atoms with E-state index < -0.39 is 5.97 Å². The average Bonchev–Trinajstić information content (AvgIpc) is 2.27. The van der Waals surface area contributed by atoms with E-state index in [-0.39, 0.29) is 12.3 Å². The Hall–Kier alpha value is -1.41. The number of nitrogens with zero attached hydrogens (tertiary/aromatic N) is 2. The van der Waals surface area contributed by atoms with Gasteiger partial charge in [-0.1, -0.05) is 19.4 Å². The lowest BCUT2D eigenvalue weighted by Gasteiger charge is -2.03. The second kappa shape index (κ2) is 6.14. The number of cyclic esters (lactones) is 1. The first-order chi connectivity index (χ1) is 7.24. The Morgan fingerprint density at radius 1 is 1.20 bits per heavy atom. The molecule has 0 aromatic heterocycles. The number of hydrogen-bond acceptors (Lipinski definition) is 2. The summed E-state index contributed by atoms with van der Waals surface area (Å²) in [7, 11) is 0. The van der Waals surface area contributed by atoms with Crippen LogP contribution in [0.15, 0.2) is 12.2 Å². The fourth-order valence-corrected chi connectivity index (χ4v) is 1.54. The van der Waals surface area contributed by atoms with Gasteiger partial charge in [0.1, 0.15) is 6.61 Å². The van der Waals surface area contributed by atoms with Gasteiger partial charge in [0.05, 0.1) is 6.42 Å². The molecule has 0 unspecified atom stereocenters. The van der Waals surface area contributed by atoms with Crippen molar-refractivity contribution in [1.29, 1.82) is 0 Å². The van der Waals surface area contributed by atoms with Crippen LogP contribution in [0.3, 0.4) is 0 Å². The first-order valence-corrected chi connectivity index (χ1v) is 5.28. The van der Waals surface area contributed by atoms with E-state index in [2.05, 4.69) is 11.4 Å². The second-order valence-electron chi connectivity index (χ2n) is 3.79. The standard InChI is InChI=1S/C11H16N2O2/c1-9-6-4-2-3-5-7-10(13-12)11(14)15-8-9/h1-8H2. The van der Waals surface area contributed by atoms with E-state index in [0.29, 0.717) is 6.42 Å². The van der Waals surface area contributed by atoms with Crippen LogP contribution in [-0.2, 0) is 9.53 Å². The predicted octanol–water partition coefficient (Wildman–Crippen LogP) is 2.11. The first kappa shape index (κ1) is 11.7. The molecule has 4 heteroatoms. The third-order valence-electron chi connectivity index (χ3n) is 2.46. The van der Waals surface area contributed by atoms with Crippen molar-refractivity contribution in [2.24, 2.45) is 0 Å². The van der Waals surface area contributed by atoms with E-state index in [1.54, 1.807) is 0 Å². The fraction of sp³-hybridized carbons (Fsp3) is 0.636. The first-order valence-electron chi connectivity index (χ1n) is 5.28. The largest absolute Gasteiger partial charge is 0.453 e. The lowest BCUT2D eigenvalue weighted by Crippen LogP contribution is -2.19. The number of hydrogen-bond donors (Lipinski definition) is 0. The normalized spacial score (nSPS) is 20.1. The van der Waals surface area contributed by atoms with Crippen molar-refractivity contribution in [2.45, 2.75) is 38.5 Å². The predicted molar refractivity (Wildman–Crippen MR) is 56.4 cm³/mol. The molecule has 1 saturated heterocycles. The molecule has 0 aromatic rings. The Bertz CT molecular complexity index is 304. The van der Waals surface area contributed by atoms with Crippen LogP contribution in [0.4, 0.5) is 0 Å². The summed E-state index contributed by atoms with van der Waals surface area (Å²) < 4.78 is 4.96. The summed E-state index contributed by atoms with van der Waals surface area (Å²) in [6, 6.07) is 0. The van der Waals surface area contributed by atoms with E-state index in [9.17, 15) is 4.79 Å². The summed E-state index contributed by atoms with van der Waals surface area (Å²) in [6.07, 6.45) is 5.50. The van der Waals surface area contributed by atoms with Crippen LogP contribution in [0.1, 0.15) is 38.5 Å². The van der Waals surface area contributed by atoms with Crippen LogP contribution in [0.25, 0.3) is 5.53 Å². The maximum absolute atomic E-state index is 11.4. The molecule has 0 aliphatic carbocycles. The Balaban J connectivity index is 2.61. The second-order valence-corrected chi connectivity index (χ2v) is 3.79. The minimum Gasteiger partial charge on any atom is -0.453 e. The van der Waals surface area contributed by atoms with Crippen LogP contribution < -0.4 is 0 Å². The summed E-state index contributed by atoms with van der Waals surface area (Å²) in [5, 5.41) is 0. The van der Waals surface area contributed by atoms with Crippen molar-refractivity contribution in [1.82, 2.24) is 0 Å². The van der Waals surface area contributed by atoms with Crippen molar-refractivity contribution in [3.05, 3.63) is 17.7 Å². The quantitative estimate of drug-likeness (QED) is 0.265. The van der Waals surface area contributed by atoms with E-state index in [0.717, 1.165) is 37.7 Å². The van der Waals surface area contributed by atoms with E-state index >= 15 is 0 Å². The Morgan fingerprint density at radius 2 is 1.87 bits per heavy atom. The molecule has 0 amide bonds. The van der Waals surface area contributed by atoms with Gasteiger partial charge in [0, 0.05) is 0 Å². The molecule has 0 atom stereocenters. The SMILES string of the molecule is C=C1CCCCCCC(=[N+]=[N-])C(=O)OC1. The molecule has 1 aliphatic rings. The highest BCUT2D eigenvalue weighted by atomic mass is 16.5. The zero-order chi connectivity index (χ0) is 11.1. The number of carbonyl (C=O) groups excluding carboxylic acids is 1. The molecule has 4 nitrogen and oxygen atoms in total. The van der Waals surface area contributed by atoms with Crippen molar-refractivity contribution >= 4 is 11.7 Å².